The normalized spacial score (nSPS) is 45.0. The van der Waals surface area contributed by atoms with Crippen LogP contribution in [0.1, 0.15) is 317 Å². The Labute approximate surface area is 754 Å². The molecule has 12 heteroatoms. The fourth-order valence-electron chi connectivity index (χ4n) is 35.4. The average molecular weight is 1720 g/mol. The monoisotopic (exact) mass is 1720 g/mol. The first-order chi connectivity index (χ1) is 57.5. The Morgan fingerprint density at radius 1 is 0.415 bits per heavy atom. The molecule has 3 aromatic carbocycles. The third kappa shape index (κ3) is 13.6. The highest BCUT2D eigenvalue weighted by molar-refractivity contribution is 7.99. The zero-order chi connectivity index (χ0) is 88.3. The van der Waals surface area contributed by atoms with Crippen LogP contribution in [0.2, 0.25) is 0 Å². The maximum absolute atomic E-state index is 14.8. The molecule has 9 nitrogen and oxygen atoms in total. The summed E-state index contributed by atoms with van der Waals surface area (Å²) in [7, 11) is 0. The highest BCUT2D eigenvalue weighted by atomic mass is 32.2. The molecule has 0 aliphatic heterocycles. The molecule has 666 valence electrons. The van der Waals surface area contributed by atoms with Crippen molar-refractivity contribution in [2.75, 3.05) is 17.3 Å². The summed E-state index contributed by atoms with van der Waals surface area (Å²) in [4.78, 5) is 48.4. The first-order valence-corrected chi connectivity index (χ1v) is 51.7. The predicted octanol–water partition coefficient (Wildman–Crippen LogP) is 28.2. The molecule has 12 fully saturated rings. The SMILES string of the molecule is CC1(C)CC[C@]2(CSc3ccccc3)CC[C@]3(C)[C@H](C(=O)C[C@@H]4[C@@]5(C)C=C(C#N)C(O)C(C)(C)[C@@H]5CC[C@]43C)[C@@H]2C1.CC1(C)CC[C@]2(CSc3ccccc3)CC[C@]3(C)[C@H](C(=O)C[C@@H]4[C@@]5(C)CC(C#N)=C(O)C(C)(C)[C@@H]5CC[C@]43C)[C@@H]2C1.CC1(C)CC[C@]2(CSc3ccccc3)CC[C@]3(C)[C@H](C(=O)C[C@@H]4[C@@]5(C)Cc6cnoc6C(C)(C)[C@@H]5CC[C@]43C)[C@@H]2C1. The van der Waals surface area contributed by atoms with E-state index in [2.05, 4.69) is 260 Å². The minimum Gasteiger partial charge on any atom is -0.511 e. The number of benzene rings is 3. The maximum Gasteiger partial charge on any atom is 0.145 e. The van der Waals surface area contributed by atoms with Crippen LogP contribution in [0.3, 0.4) is 0 Å². The number of nitrogens with zero attached hydrogens (tertiary/aromatic N) is 3. The standard InChI is InChI=1S/3C37H51NO2S/c1-32(2)15-17-37(23-41-25-11-9-8-10-12-25)18-16-36(7)30(26(37)21-32)27(39)19-29-34(5)20-24-22-38-40-31(24)33(3,4)28(34)13-14-35(29,36)6;2*1-32(2)15-17-37(23-41-25-11-9-8-10-12-25)18-16-36(7)30(26(37)21-32)27(39)19-29-34(5)20-24(22-38)31(40)33(3,4)28(34)13-14-35(29,36)6/h8-12,22,26,28-30H,13-21,23H2,1-7H3;8-12,26,28-30,40H,13-21,23H2,1-7H3;8-12,20,26,28-31,40H,13-19,21,23H2,1-7H3/t2*26-,28-,29+,30-,34-,35+,36+,37+;26-,28-,29+,30-,31?,34-,35+,36+,37+/m000/s1. The van der Waals surface area contributed by atoms with Gasteiger partial charge in [0.1, 0.15) is 28.9 Å². The second-order valence-corrected chi connectivity index (χ2v) is 54.1. The van der Waals surface area contributed by atoms with Gasteiger partial charge in [-0.1, -0.05) is 211 Å². The zero-order valence-electron chi connectivity index (χ0n) is 79.4. The number of aliphatic hydroxyl groups excluding tert-OH is 2. The molecule has 0 saturated heterocycles. The summed E-state index contributed by atoms with van der Waals surface area (Å²) < 4.78 is 5.88. The first-order valence-electron chi connectivity index (χ1n) is 48.7. The van der Waals surface area contributed by atoms with Gasteiger partial charge >= 0.3 is 0 Å². The van der Waals surface area contributed by atoms with E-state index in [1.807, 2.05) is 41.5 Å². The number of hydrogen-bond acceptors (Lipinski definition) is 12. The van der Waals surface area contributed by atoms with Gasteiger partial charge in [-0.15, -0.1) is 35.3 Å². The van der Waals surface area contributed by atoms with Crippen molar-refractivity contribution in [1.82, 2.24) is 5.16 Å². The summed E-state index contributed by atoms with van der Waals surface area (Å²) in [6.07, 6.45) is 31.9. The number of hydrogen-bond donors (Lipinski definition) is 2. The first kappa shape index (κ1) is 90.1. The number of ketones is 3. The maximum atomic E-state index is 14.8. The highest BCUT2D eigenvalue weighted by Gasteiger charge is 2.77. The van der Waals surface area contributed by atoms with Crippen LogP contribution in [-0.4, -0.2) is 56.1 Å². The van der Waals surface area contributed by atoms with E-state index in [4.69, 9.17) is 4.52 Å². The van der Waals surface area contributed by atoms with Crippen molar-refractivity contribution in [3.05, 3.63) is 131 Å². The Bertz CT molecular complexity index is 4910. The van der Waals surface area contributed by atoms with Crippen LogP contribution in [-0.2, 0) is 26.2 Å². The van der Waals surface area contributed by atoms with Crippen LogP contribution in [0, 0.1) is 186 Å². The van der Waals surface area contributed by atoms with E-state index in [0.29, 0.717) is 88.5 Å². The third-order valence-corrected chi connectivity index (χ3v) is 46.7. The van der Waals surface area contributed by atoms with Gasteiger partial charge in [-0.2, -0.15) is 10.5 Å². The lowest BCUT2D eigenvalue weighted by molar-refractivity contribution is -0.228. The summed E-state index contributed by atoms with van der Waals surface area (Å²) in [6, 6.07) is 37.4. The molecule has 123 heavy (non-hydrogen) atoms. The van der Waals surface area contributed by atoms with Crippen molar-refractivity contribution in [1.29, 1.82) is 10.5 Å². The molecule has 15 aliphatic rings. The van der Waals surface area contributed by atoms with Gasteiger partial charge < -0.3 is 14.7 Å². The number of rotatable bonds is 9. The number of nitriles is 2. The van der Waals surface area contributed by atoms with E-state index in [1.54, 1.807) is 0 Å². The number of carbonyl (C=O) groups is 3. The molecule has 19 rings (SSSR count). The topological polar surface area (TPSA) is 165 Å². The largest absolute Gasteiger partial charge is 0.511 e. The van der Waals surface area contributed by atoms with Crippen molar-refractivity contribution in [3.63, 3.8) is 0 Å². The van der Waals surface area contributed by atoms with E-state index in [9.17, 15) is 35.1 Å². The number of aliphatic hydroxyl groups is 2. The summed E-state index contributed by atoms with van der Waals surface area (Å²) >= 11 is 6.07. The molecule has 1 heterocycles. The quantitative estimate of drug-likeness (QED) is 0.153. The molecule has 0 bridgehead atoms. The van der Waals surface area contributed by atoms with E-state index in [0.717, 1.165) is 87.2 Å². The Morgan fingerprint density at radius 3 is 1.15 bits per heavy atom. The Kier molecular flexibility index (Phi) is 22.2. The third-order valence-electron chi connectivity index (χ3n) is 42.7. The number of aromatic nitrogens is 1. The molecule has 1 aromatic heterocycles. The highest BCUT2D eigenvalue weighted by Crippen LogP contribution is 2.82. The van der Waals surface area contributed by atoms with Crippen LogP contribution < -0.4 is 0 Å². The lowest BCUT2D eigenvalue weighted by Gasteiger charge is -2.72. The predicted molar refractivity (Wildman–Crippen MR) is 501 cm³/mol. The second kappa shape index (κ2) is 30.4. The summed E-state index contributed by atoms with van der Waals surface area (Å²) in [5.74, 6) is 10.00. The summed E-state index contributed by atoms with van der Waals surface area (Å²) in [5, 5.41) is 46.7. The van der Waals surface area contributed by atoms with E-state index in [1.165, 1.54) is 104 Å². The lowest BCUT2D eigenvalue weighted by Crippen LogP contribution is -2.69. The van der Waals surface area contributed by atoms with Crippen molar-refractivity contribution in [3.8, 4) is 12.1 Å². The van der Waals surface area contributed by atoms with Crippen molar-refractivity contribution in [2.45, 2.75) is 339 Å². The molecule has 0 spiro atoms. The molecule has 0 amide bonds. The van der Waals surface area contributed by atoms with Gasteiger partial charge in [-0.3, -0.25) is 14.4 Å². The lowest BCUT2D eigenvalue weighted by atomic mass is 9.31. The van der Waals surface area contributed by atoms with E-state index < -0.39 is 11.5 Å². The molecule has 25 atom stereocenters. The fraction of sp³-hybridized carbons (Fsp3) is 0.730. The van der Waals surface area contributed by atoms with Crippen LogP contribution >= 0.6 is 35.3 Å². The van der Waals surface area contributed by atoms with Gasteiger partial charge in [-0.05, 0) is 324 Å². The van der Waals surface area contributed by atoms with E-state index >= 15 is 0 Å². The van der Waals surface area contributed by atoms with Gasteiger partial charge in [-0.25, -0.2) is 0 Å². The van der Waals surface area contributed by atoms with Crippen molar-refractivity contribution in [2.24, 2.45) is 163 Å². The molecule has 15 aliphatic carbocycles. The van der Waals surface area contributed by atoms with Crippen molar-refractivity contribution >= 4 is 52.6 Å². The van der Waals surface area contributed by atoms with Gasteiger partial charge in [0, 0.05) is 85.4 Å². The number of Topliss-reactive ketones (excluding diaryl/α,β-unsaturated/α-hetero) is 3. The molecule has 1 unspecified atom stereocenters. The van der Waals surface area contributed by atoms with Gasteiger partial charge in [0.25, 0.3) is 0 Å². The Hall–Kier alpha value is -4.85. The number of thioether (sulfide) groups is 3. The minimum atomic E-state index is -0.737. The molecule has 2 N–H and O–H groups in total. The fourth-order valence-corrected chi connectivity index (χ4v) is 39.3. The van der Waals surface area contributed by atoms with Crippen LogP contribution in [0.5, 0.6) is 0 Å². The van der Waals surface area contributed by atoms with Crippen molar-refractivity contribution < 1.29 is 29.1 Å². The Morgan fingerprint density at radius 2 is 0.764 bits per heavy atom. The molecule has 4 aromatic rings. The minimum absolute atomic E-state index is 0.0204. The van der Waals surface area contributed by atoms with E-state index in [-0.39, 0.29) is 128 Å². The molecule has 12 saturated carbocycles. The number of fused-ring (bicyclic) bond motifs is 22. The van der Waals surface area contributed by atoms with Gasteiger partial charge in [0.05, 0.1) is 35.6 Å². The van der Waals surface area contributed by atoms with Crippen LogP contribution in [0.25, 0.3) is 0 Å². The summed E-state index contributed by atoms with van der Waals surface area (Å²) in [6.45, 7) is 50.5. The second-order valence-electron chi connectivity index (χ2n) is 50.9. The van der Waals surface area contributed by atoms with Gasteiger partial charge in [0.15, 0.2) is 0 Å². The average Bonchev–Trinajstić information content (AvgIpc) is 0.827. The molecular formula is C111H153N3O6S3. The van der Waals surface area contributed by atoms with Gasteiger partial charge in [0.2, 0.25) is 0 Å². The molecular weight excluding hydrogens is 1570 g/mol. The zero-order valence-corrected chi connectivity index (χ0v) is 81.9. The number of carbonyl (C=O) groups excluding carboxylic acids is 3. The smallest absolute Gasteiger partial charge is 0.145 e. The summed E-state index contributed by atoms with van der Waals surface area (Å²) in [5.41, 5.74) is 2.84. The van der Waals surface area contributed by atoms with Crippen LogP contribution in [0.4, 0.5) is 0 Å². The van der Waals surface area contributed by atoms with Crippen LogP contribution in [0.15, 0.2) is 139 Å². The molecule has 0 radical (unpaired) electrons. The number of allylic oxidation sites excluding steroid dienone is 3. The Balaban J connectivity index is 0.000000131.